The zero-order valence-corrected chi connectivity index (χ0v) is 21.3. The van der Waals surface area contributed by atoms with Crippen LogP contribution in [-0.4, -0.2) is 23.5 Å². The first-order chi connectivity index (χ1) is 16.9. The zero-order chi connectivity index (χ0) is 26.3. The zero-order valence-electron chi connectivity index (χ0n) is 21.3. The van der Waals surface area contributed by atoms with Gasteiger partial charge in [0.25, 0.3) is 0 Å². The fourth-order valence-corrected chi connectivity index (χ4v) is 5.31. The van der Waals surface area contributed by atoms with Gasteiger partial charge >= 0.3 is 5.97 Å². The number of carbonyl (C=O) groups excluding carboxylic acids is 1. The van der Waals surface area contributed by atoms with Gasteiger partial charge in [0.05, 0.1) is 11.3 Å². The van der Waals surface area contributed by atoms with Crippen molar-refractivity contribution in [2.45, 2.75) is 57.9 Å². The van der Waals surface area contributed by atoms with Crippen molar-refractivity contribution in [1.82, 2.24) is 0 Å². The minimum Gasteiger partial charge on any atom is -0.478 e. The summed E-state index contributed by atoms with van der Waals surface area (Å²) in [5, 5.41) is 10.1. The van der Waals surface area contributed by atoms with Gasteiger partial charge in [-0.1, -0.05) is 63.2 Å². The molecule has 3 aromatic rings. The predicted octanol–water partition coefficient (Wildman–Crippen LogP) is 5.51. The molecule has 0 radical (unpaired) electrons. The van der Waals surface area contributed by atoms with Crippen LogP contribution in [0, 0.1) is 12.7 Å². The Morgan fingerprint density at radius 2 is 1.61 bits per heavy atom. The van der Waals surface area contributed by atoms with Crippen LogP contribution in [0.3, 0.4) is 0 Å². The molecule has 0 spiro atoms. The molecule has 0 saturated carbocycles. The molecule has 188 valence electrons. The number of carboxylic acids is 1. The number of primary amides is 1. The minimum atomic E-state index is -1.41. The normalized spacial score (nSPS) is 15.2. The first-order valence-electron chi connectivity index (χ1n) is 12.2. The van der Waals surface area contributed by atoms with Gasteiger partial charge in [-0.3, -0.25) is 4.79 Å². The average Bonchev–Trinajstić information content (AvgIpc) is 2.81. The Morgan fingerprint density at radius 3 is 2.17 bits per heavy atom. The molecule has 0 fully saturated rings. The maximum atomic E-state index is 13.9. The molecule has 5 nitrogen and oxygen atoms in total. The maximum Gasteiger partial charge on any atom is 0.337 e. The Labute approximate surface area is 211 Å². The highest BCUT2D eigenvalue weighted by atomic mass is 19.1. The topological polar surface area (TPSA) is 83.6 Å². The van der Waals surface area contributed by atoms with Gasteiger partial charge in [0.2, 0.25) is 5.91 Å². The van der Waals surface area contributed by atoms with Crippen molar-refractivity contribution in [1.29, 1.82) is 0 Å². The van der Waals surface area contributed by atoms with Crippen molar-refractivity contribution in [3.05, 3.63) is 99.9 Å². The fourth-order valence-electron chi connectivity index (χ4n) is 5.31. The van der Waals surface area contributed by atoms with Crippen LogP contribution in [0.15, 0.2) is 60.7 Å². The second kappa shape index (κ2) is 9.41. The van der Waals surface area contributed by atoms with E-state index in [2.05, 4.69) is 20.8 Å². The molecule has 3 N–H and O–H groups in total. The lowest BCUT2D eigenvalue weighted by molar-refractivity contribution is -0.123. The van der Waals surface area contributed by atoms with E-state index < -0.39 is 23.2 Å². The number of halogens is 1. The van der Waals surface area contributed by atoms with Gasteiger partial charge in [-0.25, -0.2) is 9.18 Å². The SMILES string of the molecule is Cc1cc2c(c(C(=O)O)c1)N(C(Cc1ccc(C(C)(C)C)cc1)(C(N)=O)c1ccc(F)cc1)CCC2. The largest absolute Gasteiger partial charge is 0.478 e. The first-order valence-corrected chi connectivity index (χ1v) is 12.2. The molecule has 1 aliphatic heterocycles. The van der Waals surface area contributed by atoms with Crippen LogP contribution >= 0.6 is 0 Å². The number of anilines is 1. The lowest BCUT2D eigenvalue weighted by atomic mass is 9.78. The number of fused-ring (bicyclic) bond motifs is 1. The second-order valence-electron chi connectivity index (χ2n) is 10.7. The molecule has 3 aromatic carbocycles. The van der Waals surface area contributed by atoms with E-state index in [1.165, 1.54) is 12.1 Å². The lowest BCUT2D eigenvalue weighted by Gasteiger charge is -2.47. The second-order valence-corrected chi connectivity index (χ2v) is 10.7. The third-order valence-corrected chi connectivity index (χ3v) is 7.13. The van der Waals surface area contributed by atoms with Crippen LogP contribution in [0.1, 0.15) is 65.4 Å². The molecule has 1 unspecified atom stereocenters. The minimum absolute atomic E-state index is 0.0314. The van der Waals surface area contributed by atoms with Gasteiger partial charge in [0, 0.05) is 13.0 Å². The van der Waals surface area contributed by atoms with E-state index in [0.717, 1.165) is 28.7 Å². The summed E-state index contributed by atoms with van der Waals surface area (Å²) in [6, 6.07) is 17.4. The van der Waals surface area contributed by atoms with Crippen molar-refractivity contribution >= 4 is 17.6 Å². The van der Waals surface area contributed by atoms with Crippen LogP contribution in [0.4, 0.5) is 10.1 Å². The maximum absolute atomic E-state index is 13.9. The number of amides is 1. The number of carbonyl (C=O) groups is 2. The summed E-state index contributed by atoms with van der Waals surface area (Å²) < 4.78 is 13.9. The number of nitrogens with two attached hydrogens (primary N) is 1. The third kappa shape index (κ3) is 4.60. The molecule has 4 rings (SSSR count). The van der Waals surface area contributed by atoms with Gasteiger partial charge < -0.3 is 15.7 Å². The summed E-state index contributed by atoms with van der Waals surface area (Å²) in [6.45, 7) is 8.71. The number of rotatable bonds is 6. The number of nitrogens with zero attached hydrogens (tertiary/aromatic N) is 1. The Hall–Kier alpha value is -3.67. The van der Waals surface area contributed by atoms with Crippen molar-refractivity contribution in [3.8, 4) is 0 Å². The van der Waals surface area contributed by atoms with E-state index in [1.54, 1.807) is 18.2 Å². The highest BCUT2D eigenvalue weighted by Gasteiger charge is 2.47. The smallest absolute Gasteiger partial charge is 0.337 e. The fraction of sp³-hybridized carbons (Fsp3) is 0.333. The molecule has 1 atom stereocenters. The molecule has 0 aromatic heterocycles. The van der Waals surface area contributed by atoms with Gasteiger partial charge in [0.1, 0.15) is 11.4 Å². The van der Waals surface area contributed by atoms with E-state index in [-0.39, 0.29) is 17.4 Å². The number of carboxylic acid groups (broad SMARTS) is 1. The predicted molar refractivity (Wildman–Crippen MR) is 140 cm³/mol. The van der Waals surface area contributed by atoms with Gasteiger partial charge in [-0.05, 0) is 71.2 Å². The summed E-state index contributed by atoms with van der Waals surface area (Å²) in [4.78, 5) is 27.7. The van der Waals surface area contributed by atoms with Crippen LogP contribution in [0.5, 0.6) is 0 Å². The van der Waals surface area contributed by atoms with Crippen molar-refractivity contribution in [2.24, 2.45) is 5.73 Å². The van der Waals surface area contributed by atoms with Crippen molar-refractivity contribution in [2.75, 3.05) is 11.4 Å². The number of hydrogen-bond donors (Lipinski definition) is 2. The molecule has 6 heteroatoms. The number of aromatic carboxylic acids is 1. The quantitative estimate of drug-likeness (QED) is 0.480. The van der Waals surface area contributed by atoms with E-state index in [0.29, 0.717) is 24.2 Å². The summed E-state index contributed by atoms with van der Waals surface area (Å²) in [6.07, 6.45) is 1.64. The molecule has 1 heterocycles. The van der Waals surface area contributed by atoms with Crippen molar-refractivity contribution in [3.63, 3.8) is 0 Å². The Kier molecular flexibility index (Phi) is 6.65. The standard InChI is InChI=1S/C30H33FN2O3/c1-19-16-21-6-5-15-33(26(21)25(17-19)27(34)35)30(28(32)36,23-11-13-24(31)14-12-23)18-20-7-9-22(10-8-20)29(2,3)4/h7-14,16-17H,5-6,15,18H2,1-4H3,(H2,32,36)(H,34,35). The highest BCUT2D eigenvalue weighted by Crippen LogP contribution is 2.43. The molecule has 0 aliphatic carbocycles. The Balaban J connectivity index is 1.96. The third-order valence-electron chi connectivity index (χ3n) is 7.13. The number of hydrogen-bond acceptors (Lipinski definition) is 3. The molecular weight excluding hydrogens is 455 g/mol. The molecule has 0 bridgehead atoms. The van der Waals surface area contributed by atoms with Crippen LogP contribution in [0.2, 0.25) is 0 Å². The number of aryl methyl sites for hydroxylation is 2. The van der Waals surface area contributed by atoms with Crippen molar-refractivity contribution < 1.29 is 19.1 Å². The molecule has 1 aliphatic rings. The van der Waals surface area contributed by atoms with Gasteiger partial charge in [0.15, 0.2) is 0 Å². The van der Waals surface area contributed by atoms with Gasteiger partial charge in [-0.2, -0.15) is 0 Å². The summed E-state index contributed by atoms with van der Waals surface area (Å²) in [5.74, 6) is -2.10. The summed E-state index contributed by atoms with van der Waals surface area (Å²) in [7, 11) is 0. The molecule has 0 saturated heterocycles. The summed E-state index contributed by atoms with van der Waals surface area (Å²) >= 11 is 0. The van der Waals surface area contributed by atoms with Gasteiger partial charge in [-0.15, -0.1) is 0 Å². The highest BCUT2D eigenvalue weighted by molar-refractivity contribution is 5.99. The van der Waals surface area contributed by atoms with Crippen LogP contribution < -0.4 is 10.6 Å². The lowest BCUT2D eigenvalue weighted by Crippen LogP contribution is -2.58. The Bertz CT molecular complexity index is 1290. The monoisotopic (exact) mass is 488 g/mol. The molecule has 36 heavy (non-hydrogen) atoms. The van der Waals surface area contributed by atoms with E-state index in [9.17, 15) is 19.1 Å². The van der Waals surface area contributed by atoms with Crippen LogP contribution in [-0.2, 0) is 28.6 Å². The molecule has 1 amide bonds. The molecular formula is C30H33FN2O3. The van der Waals surface area contributed by atoms with E-state index >= 15 is 0 Å². The van der Waals surface area contributed by atoms with Crippen LogP contribution in [0.25, 0.3) is 0 Å². The first kappa shape index (κ1) is 25.4. The number of benzene rings is 3. The average molecular weight is 489 g/mol. The Morgan fingerprint density at radius 1 is 1.00 bits per heavy atom. The summed E-state index contributed by atoms with van der Waals surface area (Å²) in [5.41, 5.74) is 9.69. The van der Waals surface area contributed by atoms with E-state index in [1.807, 2.05) is 42.2 Å². The van der Waals surface area contributed by atoms with E-state index in [4.69, 9.17) is 5.73 Å².